The summed E-state index contributed by atoms with van der Waals surface area (Å²) >= 11 is 1.52. The molecular weight excluding hydrogens is 412 g/mol. The minimum Gasteiger partial charge on any atom is -0.337 e. The molecule has 9 heteroatoms. The van der Waals surface area contributed by atoms with Crippen molar-refractivity contribution < 1.29 is 9.32 Å². The van der Waals surface area contributed by atoms with Crippen molar-refractivity contribution in [2.75, 3.05) is 31.5 Å². The van der Waals surface area contributed by atoms with Crippen molar-refractivity contribution in [3.63, 3.8) is 0 Å². The van der Waals surface area contributed by atoms with Crippen LogP contribution >= 0.6 is 11.3 Å². The van der Waals surface area contributed by atoms with Gasteiger partial charge in [-0.1, -0.05) is 35.5 Å². The highest BCUT2D eigenvalue weighted by atomic mass is 32.1. The van der Waals surface area contributed by atoms with Gasteiger partial charge in [0.05, 0.1) is 17.8 Å². The van der Waals surface area contributed by atoms with E-state index in [0.29, 0.717) is 16.8 Å². The van der Waals surface area contributed by atoms with Crippen LogP contribution in [0.3, 0.4) is 0 Å². The zero-order valence-electron chi connectivity index (χ0n) is 18.3. The number of amides is 1. The minimum atomic E-state index is -0.213. The van der Waals surface area contributed by atoms with E-state index in [-0.39, 0.29) is 18.0 Å². The number of carbonyl (C=O) groups excluding carboxylic acids is 1. The van der Waals surface area contributed by atoms with Gasteiger partial charge in [-0.3, -0.25) is 14.6 Å². The first-order valence-electron chi connectivity index (χ1n) is 10.5. The summed E-state index contributed by atoms with van der Waals surface area (Å²) in [5.41, 5.74) is 1.91. The third-order valence-corrected chi connectivity index (χ3v) is 6.90. The molecule has 0 bridgehead atoms. The van der Waals surface area contributed by atoms with Crippen LogP contribution in [0.15, 0.2) is 34.9 Å². The number of nitrogens with zero attached hydrogens (tertiary/aromatic N) is 5. The maximum absolute atomic E-state index is 12.7. The number of piperazine rings is 1. The average molecular weight is 441 g/mol. The number of aryl methyl sites for hydroxylation is 2. The Balaban J connectivity index is 1.31. The summed E-state index contributed by atoms with van der Waals surface area (Å²) in [6, 6.07) is 9.64. The molecule has 8 nitrogen and oxygen atoms in total. The molecule has 1 aliphatic rings. The highest BCUT2D eigenvalue weighted by Crippen LogP contribution is 2.25. The second-order valence-electron chi connectivity index (χ2n) is 7.90. The molecule has 1 N–H and O–H groups in total. The summed E-state index contributed by atoms with van der Waals surface area (Å²) in [6.07, 6.45) is 0. The van der Waals surface area contributed by atoms with Crippen LogP contribution in [0.4, 0.5) is 5.13 Å². The first-order valence-corrected chi connectivity index (χ1v) is 11.4. The second kappa shape index (κ2) is 9.25. The normalized spacial score (nSPS) is 17.4. The Labute approximate surface area is 186 Å². The summed E-state index contributed by atoms with van der Waals surface area (Å²) < 4.78 is 5.54. The predicted octanol–water partition coefficient (Wildman–Crippen LogP) is 3.52. The van der Waals surface area contributed by atoms with E-state index in [2.05, 4.69) is 37.2 Å². The predicted molar refractivity (Wildman–Crippen MR) is 121 cm³/mol. The molecule has 2 unspecified atom stereocenters. The van der Waals surface area contributed by atoms with Gasteiger partial charge in [0.25, 0.3) is 0 Å². The largest absolute Gasteiger partial charge is 0.337 e. The Hall–Kier alpha value is -2.62. The second-order valence-corrected chi connectivity index (χ2v) is 9.10. The number of hydrogen-bond donors (Lipinski definition) is 1. The van der Waals surface area contributed by atoms with Crippen molar-refractivity contribution in [2.24, 2.45) is 0 Å². The van der Waals surface area contributed by atoms with Crippen LogP contribution in [0.5, 0.6) is 0 Å². The van der Waals surface area contributed by atoms with Crippen molar-refractivity contribution >= 4 is 22.4 Å². The summed E-state index contributed by atoms with van der Waals surface area (Å²) in [5.74, 6) is 1.21. The molecule has 0 radical (unpaired) electrons. The topological polar surface area (TPSA) is 87.4 Å². The molecule has 1 amide bonds. The van der Waals surface area contributed by atoms with Crippen molar-refractivity contribution in [1.82, 2.24) is 24.9 Å². The molecule has 3 heterocycles. The zero-order chi connectivity index (χ0) is 22.0. The Bertz CT molecular complexity index is 1010. The van der Waals surface area contributed by atoms with E-state index in [4.69, 9.17) is 4.52 Å². The maximum atomic E-state index is 12.7. The van der Waals surface area contributed by atoms with Gasteiger partial charge in [-0.05, 0) is 27.7 Å². The third-order valence-electron chi connectivity index (χ3n) is 5.91. The summed E-state index contributed by atoms with van der Waals surface area (Å²) in [4.78, 5) is 27.3. The first-order chi connectivity index (χ1) is 14.9. The van der Waals surface area contributed by atoms with Crippen LogP contribution in [0.25, 0.3) is 11.4 Å². The molecular formula is C22H28N6O2S. The lowest BCUT2D eigenvalue weighted by atomic mass is 10.2. The van der Waals surface area contributed by atoms with E-state index in [9.17, 15) is 4.79 Å². The number of anilines is 1. The lowest BCUT2D eigenvalue weighted by molar-refractivity contribution is -0.121. The molecule has 1 aromatic carbocycles. The fourth-order valence-electron chi connectivity index (χ4n) is 3.68. The van der Waals surface area contributed by atoms with Crippen molar-refractivity contribution in [1.29, 1.82) is 0 Å². The van der Waals surface area contributed by atoms with Gasteiger partial charge in [0.15, 0.2) is 5.13 Å². The van der Waals surface area contributed by atoms with E-state index in [0.717, 1.165) is 42.3 Å². The first kappa shape index (κ1) is 21.6. The SMILES string of the molecule is Cc1nc(NC(=O)C(C)N2CCN(C(C)c3nc(-c4ccccc4)no3)CC2)sc1C. The number of thiazole rings is 1. The van der Waals surface area contributed by atoms with Gasteiger partial charge in [-0.15, -0.1) is 11.3 Å². The quantitative estimate of drug-likeness (QED) is 0.627. The molecule has 0 aliphatic carbocycles. The zero-order valence-corrected chi connectivity index (χ0v) is 19.1. The van der Waals surface area contributed by atoms with E-state index in [1.54, 1.807) is 0 Å². The van der Waals surface area contributed by atoms with Crippen molar-refractivity contribution in [2.45, 2.75) is 39.8 Å². The summed E-state index contributed by atoms with van der Waals surface area (Å²) in [6.45, 7) is 11.3. The van der Waals surface area contributed by atoms with Crippen molar-refractivity contribution in [3.05, 3.63) is 46.8 Å². The lowest BCUT2D eigenvalue weighted by Gasteiger charge is -2.38. The minimum absolute atomic E-state index is 0.0142. The highest BCUT2D eigenvalue weighted by Gasteiger charge is 2.30. The van der Waals surface area contributed by atoms with Crippen LogP contribution < -0.4 is 5.32 Å². The third kappa shape index (κ3) is 4.84. The van der Waals surface area contributed by atoms with Gasteiger partial charge < -0.3 is 9.84 Å². The van der Waals surface area contributed by atoms with Gasteiger partial charge in [-0.2, -0.15) is 4.98 Å². The molecule has 1 saturated heterocycles. The fraction of sp³-hybridized carbons (Fsp3) is 0.455. The standard InChI is InChI=1S/C22H28N6O2S/c1-14-17(4)31-22(23-14)25-20(29)15(2)27-10-12-28(13-11-27)16(3)21-24-19(26-30-21)18-8-6-5-7-9-18/h5-9,15-16H,10-13H2,1-4H3,(H,23,25,29). The monoisotopic (exact) mass is 440 g/mol. The van der Waals surface area contributed by atoms with Gasteiger partial charge in [-0.25, -0.2) is 4.98 Å². The van der Waals surface area contributed by atoms with E-state index in [1.165, 1.54) is 11.3 Å². The molecule has 3 aromatic rings. The molecule has 1 aliphatic heterocycles. The molecule has 0 saturated carbocycles. The Morgan fingerprint density at radius 3 is 2.39 bits per heavy atom. The molecule has 2 aromatic heterocycles. The van der Waals surface area contributed by atoms with Gasteiger partial charge in [0.1, 0.15) is 0 Å². The lowest BCUT2D eigenvalue weighted by Crippen LogP contribution is -2.53. The molecule has 4 rings (SSSR count). The van der Waals surface area contributed by atoms with Crippen molar-refractivity contribution in [3.8, 4) is 11.4 Å². The van der Waals surface area contributed by atoms with Crippen LogP contribution in [0.1, 0.15) is 36.4 Å². The summed E-state index contributed by atoms with van der Waals surface area (Å²) in [7, 11) is 0. The van der Waals surface area contributed by atoms with E-state index in [1.807, 2.05) is 51.1 Å². The fourth-order valence-corrected chi connectivity index (χ4v) is 4.50. The molecule has 164 valence electrons. The maximum Gasteiger partial charge on any atom is 0.244 e. The van der Waals surface area contributed by atoms with E-state index < -0.39 is 0 Å². The molecule has 1 fully saturated rings. The van der Waals surface area contributed by atoms with Crippen LogP contribution in [-0.4, -0.2) is 63.1 Å². The number of benzene rings is 1. The highest BCUT2D eigenvalue weighted by molar-refractivity contribution is 7.15. The molecule has 0 spiro atoms. The number of hydrogen-bond acceptors (Lipinski definition) is 8. The Morgan fingerprint density at radius 2 is 1.74 bits per heavy atom. The van der Waals surface area contributed by atoms with Gasteiger partial charge >= 0.3 is 0 Å². The van der Waals surface area contributed by atoms with Crippen LogP contribution in [-0.2, 0) is 4.79 Å². The number of carbonyl (C=O) groups is 1. The smallest absolute Gasteiger partial charge is 0.244 e. The number of rotatable bonds is 6. The average Bonchev–Trinajstić information content (AvgIpc) is 3.40. The van der Waals surface area contributed by atoms with Crippen LogP contribution in [0.2, 0.25) is 0 Å². The Morgan fingerprint density at radius 1 is 1.06 bits per heavy atom. The summed E-state index contributed by atoms with van der Waals surface area (Å²) in [5, 5.41) is 7.77. The number of aromatic nitrogens is 3. The van der Waals surface area contributed by atoms with Crippen LogP contribution in [0, 0.1) is 13.8 Å². The Kier molecular flexibility index (Phi) is 6.45. The van der Waals surface area contributed by atoms with E-state index >= 15 is 0 Å². The number of nitrogens with one attached hydrogen (secondary N) is 1. The molecule has 2 atom stereocenters. The van der Waals surface area contributed by atoms with Gasteiger partial charge in [0.2, 0.25) is 17.6 Å². The molecule has 31 heavy (non-hydrogen) atoms. The van der Waals surface area contributed by atoms with Gasteiger partial charge in [0, 0.05) is 36.6 Å².